The van der Waals surface area contributed by atoms with Crippen LogP contribution in [0.2, 0.25) is 0 Å². The maximum absolute atomic E-state index is 11.0. The first kappa shape index (κ1) is 12.3. The van der Waals surface area contributed by atoms with E-state index in [2.05, 4.69) is 9.97 Å². The van der Waals surface area contributed by atoms with Crippen molar-refractivity contribution < 1.29 is 9.90 Å². The fourth-order valence-corrected chi connectivity index (χ4v) is 2.14. The molecular formula is C11H12N4O2S. The third kappa shape index (κ3) is 2.40. The first-order valence-electron chi connectivity index (χ1n) is 5.15. The average molecular weight is 264 g/mol. The Morgan fingerprint density at radius 1 is 1.56 bits per heavy atom. The molecule has 0 aliphatic rings. The van der Waals surface area contributed by atoms with Gasteiger partial charge in [-0.15, -0.1) is 11.3 Å². The maximum Gasteiger partial charge on any atom is 0.337 e. The molecule has 0 bridgehead atoms. The van der Waals surface area contributed by atoms with Crippen LogP contribution in [-0.4, -0.2) is 28.1 Å². The van der Waals surface area contributed by atoms with Crippen molar-refractivity contribution in [2.45, 2.75) is 6.54 Å². The van der Waals surface area contributed by atoms with E-state index in [0.717, 1.165) is 5.69 Å². The summed E-state index contributed by atoms with van der Waals surface area (Å²) in [6.07, 6.45) is 1.44. The number of thiazole rings is 1. The zero-order valence-electron chi connectivity index (χ0n) is 9.70. The summed E-state index contributed by atoms with van der Waals surface area (Å²) in [5.74, 6) is -0.610. The van der Waals surface area contributed by atoms with Crippen LogP contribution in [-0.2, 0) is 6.54 Å². The molecule has 0 unspecified atom stereocenters. The molecule has 2 rings (SSSR count). The van der Waals surface area contributed by atoms with Gasteiger partial charge in [-0.25, -0.2) is 14.8 Å². The van der Waals surface area contributed by atoms with Crippen molar-refractivity contribution in [1.29, 1.82) is 0 Å². The number of hydrogen-bond donors (Lipinski definition) is 2. The standard InChI is InChI=1S/C11H12N4O2S/c1-15(4-7-5-18-6-14-7)10-9(12)8(11(16)17)2-3-13-10/h2-3,5-6H,4,12H2,1H3,(H,16,17). The Hall–Kier alpha value is -2.15. The predicted octanol–water partition coefficient (Wildman–Crippen LogP) is 1.45. The molecule has 6 nitrogen and oxygen atoms in total. The molecule has 2 heterocycles. The summed E-state index contributed by atoms with van der Waals surface area (Å²) in [7, 11) is 1.80. The van der Waals surface area contributed by atoms with E-state index in [1.807, 2.05) is 5.38 Å². The molecule has 0 saturated heterocycles. The monoisotopic (exact) mass is 264 g/mol. The van der Waals surface area contributed by atoms with Crippen molar-refractivity contribution in [3.8, 4) is 0 Å². The fraction of sp³-hybridized carbons (Fsp3) is 0.182. The lowest BCUT2D eigenvalue weighted by Crippen LogP contribution is -2.20. The fourth-order valence-electron chi connectivity index (χ4n) is 1.59. The minimum atomic E-state index is -1.06. The van der Waals surface area contributed by atoms with Crippen molar-refractivity contribution in [1.82, 2.24) is 9.97 Å². The van der Waals surface area contributed by atoms with Crippen LogP contribution in [0, 0.1) is 0 Å². The van der Waals surface area contributed by atoms with Crippen LogP contribution in [0.3, 0.4) is 0 Å². The summed E-state index contributed by atoms with van der Waals surface area (Å²) < 4.78 is 0. The Morgan fingerprint density at radius 2 is 2.33 bits per heavy atom. The van der Waals surface area contributed by atoms with Crippen molar-refractivity contribution in [3.63, 3.8) is 0 Å². The number of anilines is 2. The van der Waals surface area contributed by atoms with Gasteiger partial charge in [-0.05, 0) is 6.07 Å². The number of carbonyl (C=O) groups is 1. The Bertz CT molecular complexity index is 556. The highest BCUT2D eigenvalue weighted by atomic mass is 32.1. The molecule has 0 fully saturated rings. The van der Waals surface area contributed by atoms with Crippen LogP contribution in [0.15, 0.2) is 23.2 Å². The maximum atomic E-state index is 11.0. The topological polar surface area (TPSA) is 92.3 Å². The quantitative estimate of drug-likeness (QED) is 0.868. The largest absolute Gasteiger partial charge is 0.478 e. The zero-order valence-corrected chi connectivity index (χ0v) is 10.5. The molecule has 2 aromatic heterocycles. The molecule has 0 amide bonds. The first-order chi connectivity index (χ1) is 8.59. The summed E-state index contributed by atoms with van der Waals surface area (Å²) >= 11 is 1.51. The van der Waals surface area contributed by atoms with Gasteiger partial charge in [-0.3, -0.25) is 0 Å². The van der Waals surface area contributed by atoms with Crippen molar-refractivity contribution in [3.05, 3.63) is 34.4 Å². The van der Waals surface area contributed by atoms with E-state index in [0.29, 0.717) is 12.4 Å². The molecule has 94 valence electrons. The molecule has 0 atom stereocenters. The van der Waals surface area contributed by atoms with Gasteiger partial charge in [0.05, 0.1) is 29.0 Å². The van der Waals surface area contributed by atoms with Crippen LogP contribution in [0.1, 0.15) is 16.1 Å². The average Bonchev–Trinajstić information content (AvgIpc) is 2.81. The summed E-state index contributed by atoms with van der Waals surface area (Å²) in [5, 5.41) is 10.9. The van der Waals surface area contributed by atoms with Gasteiger partial charge in [-0.2, -0.15) is 0 Å². The van der Waals surface area contributed by atoms with E-state index in [-0.39, 0.29) is 11.3 Å². The normalized spacial score (nSPS) is 10.3. The summed E-state index contributed by atoms with van der Waals surface area (Å²) in [4.78, 5) is 21.0. The number of carboxylic acid groups (broad SMARTS) is 1. The van der Waals surface area contributed by atoms with Gasteiger partial charge >= 0.3 is 5.97 Å². The lowest BCUT2D eigenvalue weighted by atomic mass is 10.2. The smallest absolute Gasteiger partial charge is 0.337 e. The minimum Gasteiger partial charge on any atom is -0.478 e. The summed E-state index contributed by atoms with van der Waals surface area (Å²) in [6, 6.07) is 1.39. The summed E-state index contributed by atoms with van der Waals surface area (Å²) in [6.45, 7) is 0.532. The number of nitrogens with two attached hydrogens (primary N) is 1. The van der Waals surface area contributed by atoms with E-state index in [1.165, 1.54) is 23.6 Å². The van der Waals surface area contributed by atoms with Gasteiger partial charge in [-0.1, -0.05) is 0 Å². The molecule has 0 aromatic carbocycles. The molecule has 7 heteroatoms. The molecule has 0 aliphatic carbocycles. The number of nitrogen functional groups attached to an aromatic ring is 1. The number of hydrogen-bond acceptors (Lipinski definition) is 6. The molecule has 0 spiro atoms. The van der Waals surface area contributed by atoms with Gasteiger partial charge in [0.2, 0.25) is 0 Å². The lowest BCUT2D eigenvalue weighted by Gasteiger charge is -2.19. The molecule has 18 heavy (non-hydrogen) atoms. The number of aromatic carboxylic acids is 1. The number of pyridine rings is 1. The number of carboxylic acids is 1. The van der Waals surface area contributed by atoms with Gasteiger partial charge in [0.1, 0.15) is 0 Å². The van der Waals surface area contributed by atoms with Gasteiger partial charge in [0, 0.05) is 18.6 Å². The van der Waals surface area contributed by atoms with Crippen molar-refractivity contribution in [2.24, 2.45) is 0 Å². The van der Waals surface area contributed by atoms with Crippen molar-refractivity contribution in [2.75, 3.05) is 17.7 Å². The van der Waals surface area contributed by atoms with Crippen LogP contribution in [0.5, 0.6) is 0 Å². The highest BCUT2D eigenvalue weighted by molar-refractivity contribution is 7.07. The third-order valence-corrected chi connectivity index (χ3v) is 3.08. The predicted molar refractivity (Wildman–Crippen MR) is 69.8 cm³/mol. The van der Waals surface area contributed by atoms with E-state index < -0.39 is 5.97 Å². The Balaban J connectivity index is 2.27. The molecule has 0 aliphatic heterocycles. The molecule has 3 N–H and O–H groups in total. The second kappa shape index (κ2) is 5.01. The van der Waals surface area contributed by atoms with E-state index in [9.17, 15) is 4.79 Å². The first-order valence-corrected chi connectivity index (χ1v) is 6.10. The second-order valence-corrected chi connectivity index (χ2v) is 4.46. The zero-order chi connectivity index (χ0) is 13.1. The summed E-state index contributed by atoms with van der Waals surface area (Å²) in [5.41, 5.74) is 8.68. The van der Waals surface area contributed by atoms with E-state index >= 15 is 0 Å². The Morgan fingerprint density at radius 3 is 2.94 bits per heavy atom. The van der Waals surface area contributed by atoms with Crippen LogP contribution >= 0.6 is 11.3 Å². The molecule has 0 saturated carbocycles. The Kier molecular flexibility index (Phi) is 3.42. The van der Waals surface area contributed by atoms with Gasteiger partial charge in [0.25, 0.3) is 0 Å². The SMILES string of the molecule is CN(Cc1cscn1)c1nccc(C(=O)O)c1N. The molecular weight excluding hydrogens is 252 g/mol. The molecule has 0 radical (unpaired) electrons. The Labute approximate surface area is 108 Å². The van der Waals surface area contributed by atoms with Gasteiger partial charge in [0.15, 0.2) is 5.82 Å². The number of rotatable bonds is 4. The second-order valence-electron chi connectivity index (χ2n) is 3.74. The third-order valence-electron chi connectivity index (χ3n) is 2.44. The van der Waals surface area contributed by atoms with Gasteiger partial charge < -0.3 is 15.7 Å². The van der Waals surface area contributed by atoms with Crippen molar-refractivity contribution >= 4 is 28.8 Å². The minimum absolute atomic E-state index is 0.0603. The van der Waals surface area contributed by atoms with Crippen LogP contribution in [0.4, 0.5) is 11.5 Å². The lowest BCUT2D eigenvalue weighted by molar-refractivity contribution is 0.0698. The highest BCUT2D eigenvalue weighted by Crippen LogP contribution is 2.24. The van der Waals surface area contributed by atoms with E-state index in [1.54, 1.807) is 17.5 Å². The number of nitrogens with zero attached hydrogens (tertiary/aromatic N) is 3. The van der Waals surface area contributed by atoms with Crippen LogP contribution < -0.4 is 10.6 Å². The molecule has 2 aromatic rings. The van der Waals surface area contributed by atoms with E-state index in [4.69, 9.17) is 10.8 Å². The number of aromatic nitrogens is 2. The highest BCUT2D eigenvalue weighted by Gasteiger charge is 2.15. The van der Waals surface area contributed by atoms with Crippen LogP contribution in [0.25, 0.3) is 0 Å².